The average molecular weight is 368 g/mol. The largest absolute Gasteiger partial charge is 0.382 e. The summed E-state index contributed by atoms with van der Waals surface area (Å²) in [5.74, 6) is -0.258. The lowest BCUT2D eigenvalue weighted by Crippen LogP contribution is -2.50. The summed E-state index contributed by atoms with van der Waals surface area (Å²) in [5, 5.41) is 13.4. The van der Waals surface area contributed by atoms with E-state index in [9.17, 15) is 14.7 Å². The lowest BCUT2D eigenvalue weighted by atomic mass is 9.81. The fourth-order valence-electron chi connectivity index (χ4n) is 4.25. The van der Waals surface area contributed by atoms with Crippen LogP contribution in [0.4, 0.5) is 0 Å². The van der Waals surface area contributed by atoms with E-state index in [0.717, 1.165) is 38.5 Å². The molecule has 0 unspecified atom stereocenters. The molecule has 5 nitrogen and oxygen atoms in total. The molecule has 27 heavy (non-hydrogen) atoms. The number of rotatable bonds is 5. The summed E-state index contributed by atoms with van der Waals surface area (Å²) in [6, 6.07) is 10.6. The lowest BCUT2D eigenvalue weighted by molar-refractivity contribution is -0.146. The molecular formula is C22H28N2O3. The molecule has 1 aromatic rings. The Labute approximate surface area is 160 Å². The third-order valence-electron chi connectivity index (χ3n) is 6.15. The normalized spacial score (nSPS) is 31.0. The highest BCUT2D eigenvalue weighted by molar-refractivity contribution is 5.92. The molecule has 2 N–H and O–H groups in total. The molecule has 0 radical (unpaired) electrons. The molecule has 5 heteroatoms. The average Bonchev–Trinajstić information content (AvgIpc) is 3.51. The monoisotopic (exact) mass is 368 g/mol. The van der Waals surface area contributed by atoms with Crippen LogP contribution in [0.1, 0.15) is 50.0 Å². The molecule has 2 aliphatic carbocycles. The minimum absolute atomic E-state index is 0.123. The third kappa shape index (κ3) is 4.24. The molecule has 0 bridgehead atoms. The number of hydrogen-bond acceptors (Lipinski definition) is 3. The molecule has 0 saturated heterocycles. The van der Waals surface area contributed by atoms with Gasteiger partial charge in [-0.3, -0.25) is 9.59 Å². The Balaban J connectivity index is 1.30. The van der Waals surface area contributed by atoms with Crippen molar-refractivity contribution >= 4 is 11.8 Å². The van der Waals surface area contributed by atoms with Crippen molar-refractivity contribution in [1.82, 2.24) is 10.2 Å². The van der Waals surface area contributed by atoms with Gasteiger partial charge in [0.2, 0.25) is 5.91 Å². The van der Waals surface area contributed by atoms with Gasteiger partial charge in [-0.05, 0) is 55.9 Å². The van der Waals surface area contributed by atoms with Crippen molar-refractivity contribution in [3.8, 4) is 0 Å². The number of benzene rings is 1. The van der Waals surface area contributed by atoms with Gasteiger partial charge in [-0.2, -0.15) is 0 Å². The van der Waals surface area contributed by atoms with E-state index in [0.29, 0.717) is 18.4 Å². The van der Waals surface area contributed by atoms with Crippen molar-refractivity contribution in [2.24, 2.45) is 11.8 Å². The zero-order valence-corrected chi connectivity index (χ0v) is 15.6. The molecule has 4 rings (SSSR count). The first kappa shape index (κ1) is 18.2. The third-order valence-corrected chi connectivity index (χ3v) is 6.15. The molecule has 3 aliphatic rings. The Hall–Kier alpha value is -2.14. The minimum atomic E-state index is -1.27. The van der Waals surface area contributed by atoms with Gasteiger partial charge in [-0.25, -0.2) is 0 Å². The molecule has 2 amide bonds. The quantitative estimate of drug-likeness (QED) is 0.839. The number of aliphatic hydroxyl groups is 1. The van der Waals surface area contributed by atoms with Crippen LogP contribution < -0.4 is 5.32 Å². The van der Waals surface area contributed by atoms with Gasteiger partial charge in [0, 0.05) is 18.8 Å². The summed E-state index contributed by atoms with van der Waals surface area (Å²) in [4.78, 5) is 26.5. The van der Waals surface area contributed by atoms with E-state index in [-0.39, 0.29) is 17.9 Å². The number of carbonyl (C=O) groups excluding carboxylic acids is 2. The predicted molar refractivity (Wildman–Crippen MR) is 103 cm³/mol. The van der Waals surface area contributed by atoms with Crippen molar-refractivity contribution in [2.45, 2.75) is 56.6 Å². The Kier molecular flexibility index (Phi) is 5.30. The van der Waals surface area contributed by atoms with Crippen LogP contribution in [0.15, 0.2) is 42.6 Å². The SMILES string of the molecule is O=C(NC1CCC(c2ccccc2)CC1)[C@@H]1C=CN(CC2CC2)C(=O)[C@@H]1O. The zero-order chi connectivity index (χ0) is 18.8. The summed E-state index contributed by atoms with van der Waals surface area (Å²) in [7, 11) is 0. The summed E-state index contributed by atoms with van der Waals surface area (Å²) in [5.41, 5.74) is 1.37. The maximum atomic E-state index is 12.6. The number of hydrogen-bond donors (Lipinski definition) is 2. The van der Waals surface area contributed by atoms with Crippen LogP contribution in [0.3, 0.4) is 0 Å². The first-order valence-electron chi connectivity index (χ1n) is 10.1. The second-order valence-corrected chi connectivity index (χ2v) is 8.21. The van der Waals surface area contributed by atoms with Crippen LogP contribution >= 0.6 is 0 Å². The number of aliphatic hydroxyl groups excluding tert-OH is 1. The summed E-state index contributed by atoms with van der Waals surface area (Å²) >= 11 is 0. The zero-order valence-electron chi connectivity index (χ0n) is 15.6. The van der Waals surface area contributed by atoms with Gasteiger partial charge >= 0.3 is 0 Å². The summed E-state index contributed by atoms with van der Waals surface area (Å²) in [6.07, 6.45) is 8.34. The molecule has 2 atom stereocenters. The number of nitrogens with one attached hydrogen (secondary N) is 1. The Morgan fingerprint density at radius 3 is 2.44 bits per heavy atom. The van der Waals surface area contributed by atoms with Crippen LogP contribution in [-0.4, -0.2) is 40.5 Å². The standard InChI is InChI=1S/C22H28N2O3/c25-20-19(12-13-24(22(20)27)14-15-6-7-15)21(26)23-18-10-8-17(9-11-18)16-4-2-1-3-5-16/h1-5,12-13,15,17-20,25H,6-11,14H2,(H,23,26)/t17?,18?,19-,20-/m1/s1. The van der Waals surface area contributed by atoms with Gasteiger partial charge < -0.3 is 15.3 Å². The van der Waals surface area contributed by atoms with Crippen LogP contribution in [0.2, 0.25) is 0 Å². The van der Waals surface area contributed by atoms with Gasteiger partial charge in [0.1, 0.15) is 6.10 Å². The maximum Gasteiger partial charge on any atom is 0.256 e. The summed E-state index contributed by atoms with van der Waals surface area (Å²) in [6.45, 7) is 0.657. The molecule has 144 valence electrons. The van der Waals surface area contributed by atoms with Crippen molar-refractivity contribution < 1.29 is 14.7 Å². The van der Waals surface area contributed by atoms with E-state index in [1.54, 1.807) is 17.2 Å². The van der Waals surface area contributed by atoms with Crippen molar-refractivity contribution in [3.05, 3.63) is 48.2 Å². The molecule has 2 fully saturated rings. The molecular weight excluding hydrogens is 340 g/mol. The van der Waals surface area contributed by atoms with Crippen LogP contribution in [0.25, 0.3) is 0 Å². The fraction of sp³-hybridized carbons (Fsp3) is 0.545. The van der Waals surface area contributed by atoms with E-state index in [1.165, 1.54) is 5.56 Å². The van der Waals surface area contributed by atoms with Gasteiger partial charge in [0.15, 0.2) is 0 Å². The Morgan fingerprint density at radius 2 is 1.78 bits per heavy atom. The highest BCUT2D eigenvalue weighted by Gasteiger charge is 2.38. The number of nitrogens with zero attached hydrogens (tertiary/aromatic N) is 1. The first-order chi connectivity index (χ1) is 13.1. The van der Waals surface area contributed by atoms with Crippen LogP contribution in [-0.2, 0) is 9.59 Å². The van der Waals surface area contributed by atoms with Crippen molar-refractivity contribution in [2.75, 3.05) is 6.54 Å². The van der Waals surface area contributed by atoms with E-state index < -0.39 is 12.0 Å². The molecule has 0 spiro atoms. The topological polar surface area (TPSA) is 69.6 Å². The van der Waals surface area contributed by atoms with E-state index in [1.807, 2.05) is 6.07 Å². The maximum absolute atomic E-state index is 12.6. The number of amides is 2. The van der Waals surface area contributed by atoms with E-state index >= 15 is 0 Å². The second-order valence-electron chi connectivity index (χ2n) is 8.21. The van der Waals surface area contributed by atoms with Gasteiger partial charge in [-0.1, -0.05) is 36.4 Å². The fourth-order valence-corrected chi connectivity index (χ4v) is 4.25. The highest BCUT2D eigenvalue weighted by Crippen LogP contribution is 2.33. The Bertz CT molecular complexity index is 706. The van der Waals surface area contributed by atoms with Crippen LogP contribution in [0.5, 0.6) is 0 Å². The number of carbonyl (C=O) groups is 2. The van der Waals surface area contributed by atoms with Gasteiger partial charge in [0.25, 0.3) is 5.91 Å². The minimum Gasteiger partial charge on any atom is -0.382 e. The molecule has 2 saturated carbocycles. The van der Waals surface area contributed by atoms with E-state index in [2.05, 4.69) is 29.6 Å². The molecule has 1 heterocycles. The van der Waals surface area contributed by atoms with Gasteiger partial charge in [-0.15, -0.1) is 0 Å². The smallest absolute Gasteiger partial charge is 0.256 e. The first-order valence-corrected chi connectivity index (χ1v) is 10.1. The molecule has 1 aromatic carbocycles. The van der Waals surface area contributed by atoms with Crippen molar-refractivity contribution in [3.63, 3.8) is 0 Å². The molecule has 1 aliphatic heterocycles. The van der Waals surface area contributed by atoms with Crippen molar-refractivity contribution in [1.29, 1.82) is 0 Å². The van der Waals surface area contributed by atoms with Gasteiger partial charge in [0.05, 0.1) is 5.92 Å². The Morgan fingerprint density at radius 1 is 1.07 bits per heavy atom. The second kappa shape index (κ2) is 7.85. The van der Waals surface area contributed by atoms with E-state index in [4.69, 9.17) is 0 Å². The van der Waals surface area contributed by atoms with Crippen LogP contribution in [0, 0.1) is 11.8 Å². The predicted octanol–water partition coefficient (Wildman–Crippen LogP) is 2.57. The summed E-state index contributed by atoms with van der Waals surface area (Å²) < 4.78 is 0. The lowest BCUT2D eigenvalue weighted by Gasteiger charge is -2.33. The molecule has 0 aromatic heterocycles. The highest BCUT2D eigenvalue weighted by atomic mass is 16.3.